The summed E-state index contributed by atoms with van der Waals surface area (Å²) in [6, 6.07) is -0.792. The van der Waals surface area contributed by atoms with E-state index in [0.29, 0.717) is 11.7 Å². The molecule has 1 heterocycles. The summed E-state index contributed by atoms with van der Waals surface area (Å²) in [5.74, 6) is 0.379. The van der Waals surface area contributed by atoms with Crippen molar-refractivity contribution in [1.82, 2.24) is 10.2 Å². The maximum Gasteiger partial charge on any atom is 0.327 e. The second-order valence-electron chi connectivity index (χ2n) is 5.80. The van der Waals surface area contributed by atoms with Crippen LogP contribution in [0.25, 0.3) is 0 Å². The van der Waals surface area contributed by atoms with Crippen LogP contribution in [0.5, 0.6) is 0 Å². The van der Waals surface area contributed by atoms with E-state index in [1.807, 2.05) is 20.8 Å². The summed E-state index contributed by atoms with van der Waals surface area (Å²) in [7, 11) is 0. The highest BCUT2D eigenvalue weighted by Gasteiger charge is 2.43. The molecule has 2 N–H and O–H groups in total. The number of thioether (sulfide) groups is 1. The predicted molar refractivity (Wildman–Crippen MR) is 75.1 cm³/mol. The van der Waals surface area contributed by atoms with Gasteiger partial charge in [0.2, 0.25) is 0 Å². The second kappa shape index (κ2) is 5.61. The third-order valence-corrected chi connectivity index (χ3v) is 5.43. The van der Waals surface area contributed by atoms with Crippen LogP contribution >= 0.6 is 11.8 Å². The lowest BCUT2D eigenvalue weighted by Gasteiger charge is -2.31. The van der Waals surface area contributed by atoms with Crippen LogP contribution in [0.3, 0.4) is 0 Å². The molecule has 108 valence electrons. The van der Waals surface area contributed by atoms with E-state index in [1.165, 1.54) is 4.90 Å². The van der Waals surface area contributed by atoms with Gasteiger partial charge in [0, 0.05) is 11.8 Å². The molecule has 0 aromatic heterocycles. The van der Waals surface area contributed by atoms with Gasteiger partial charge < -0.3 is 10.4 Å². The van der Waals surface area contributed by atoms with E-state index >= 15 is 0 Å². The zero-order valence-electron chi connectivity index (χ0n) is 11.6. The quantitative estimate of drug-likeness (QED) is 0.829. The van der Waals surface area contributed by atoms with Gasteiger partial charge in [0.1, 0.15) is 6.04 Å². The van der Waals surface area contributed by atoms with E-state index in [2.05, 4.69) is 5.32 Å². The molecule has 3 atom stereocenters. The van der Waals surface area contributed by atoms with Gasteiger partial charge in [-0.15, -0.1) is 11.8 Å². The molecule has 3 unspecified atom stereocenters. The monoisotopic (exact) mass is 286 g/mol. The standard InChI is InChI=1S/C13H22N2O3S/c1-7(2)11-15(10(6-19-11)12(16)17)13(18)14-8(3)9-4-5-9/h7-11H,4-6H2,1-3H3,(H,14,18)(H,16,17). The van der Waals surface area contributed by atoms with Crippen LogP contribution in [0.4, 0.5) is 4.79 Å². The molecule has 2 rings (SSSR count). The van der Waals surface area contributed by atoms with Crippen LogP contribution < -0.4 is 5.32 Å². The first-order valence-corrected chi connectivity index (χ1v) is 7.90. The first kappa shape index (κ1) is 14.5. The fraction of sp³-hybridized carbons (Fsp3) is 0.846. The van der Waals surface area contributed by atoms with Crippen LogP contribution in [-0.2, 0) is 4.79 Å². The number of hydrogen-bond donors (Lipinski definition) is 2. The molecule has 0 radical (unpaired) electrons. The van der Waals surface area contributed by atoms with E-state index < -0.39 is 12.0 Å². The summed E-state index contributed by atoms with van der Waals surface area (Å²) in [5, 5.41) is 12.2. The molecule has 0 aromatic rings. The Labute approximate surface area is 118 Å². The SMILES string of the molecule is CC(C)C1SCC(C(=O)O)N1C(=O)NC(C)C1CC1. The lowest BCUT2D eigenvalue weighted by molar-refractivity contribution is -0.141. The van der Waals surface area contributed by atoms with E-state index in [0.717, 1.165) is 12.8 Å². The van der Waals surface area contributed by atoms with Gasteiger partial charge >= 0.3 is 12.0 Å². The molecule has 2 aliphatic rings. The van der Waals surface area contributed by atoms with Gasteiger partial charge in [0.05, 0.1) is 5.37 Å². The van der Waals surface area contributed by atoms with E-state index in [1.54, 1.807) is 11.8 Å². The summed E-state index contributed by atoms with van der Waals surface area (Å²) in [5.41, 5.74) is 0. The highest BCUT2D eigenvalue weighted by Crippen LogP contribution is 2.35. The third-order valence-electron chi connectivity index (χ3n) is 3.80. The van der Waals surface area contributed by atoms with Crippen molar-refractivity contribution in [3.8, 4) is 0 Å². The maximum absolute atomic E-state index is 12.4. The smallest absolute Gasteiger partial charge is 0.327 e. The summed E-state index contributed by atoms with van der Waals surface area (Å²) in [6.45, 7) is 6.04. The van der Waals surface area contributed by atoms with E-state index in [4.69, 9.17) is 0 Å². The Kier molecular flexibility index (Phi) is 4.28. The van der Waals surface area contributed by atoms with Crippen LogP contribution in [0.1, 0.15) is 33.6 Å². The number of aliphatic carboxylic acids is 1. The van der Waals surface area contributed by atoms with E-state index in [9.17, 15) is 14.7 Å². The predicted octanol–water partition coefficient (Wildman–Crippen LogP) is 1.98. The molecule has 1 aliphatic heterocycles. The van der Waals surface area contributed by atoms with Crippen molar-refractivity contribution in [1.29, 1.82) is 0 Å². The number of amides is 2. The minimum Gasteiger partial charge on any atom is -0.480 e. The fourth-order valence-corrected chi connectivity index (χ4v) is 3.94. The Bertz CT molecular complexity index is 371. The largest absolute Gasteiger partial charge is 0.480 e. The first-order chi connectivity index (χ1) is 8.91. The zero-order chi connectivity index (χ0) is 14.2. The van der Waals surface area contributed by atoms with Gasteiger partial charge in [0.25, 0.3) is 0 Å². The lowest BCUT2D eigenvalue weighted by atomic mass is 10.1. The Morgan fingerprint density at radius 2 is 1.95 bits per heavy atom. The van der Waals surface area contributed by atoms with Gasteiger partial charge in [-0.1, -0.05) is 13.8 Å². The number of nitrogens with one attached hydrogen (secondary N) is 1. The number of nitrogens with zero attached hydrogens (tertiary/aromatic N) is 1. The molecule has 2 fully saturated rings. The molecular weight excluding hydrogens is 264 g/mol. The molecule has 1 saturated carbocycles. The summed E-state index contributed by atoms with van der Waals surface area (Å²) < 4.78 is 0. The van der Waals surface area contributed by atoms with E-state index in [-0.39, 0.29) is 23.4 Å². The first-order valence-electron chi connectivity index (χ1n) is 6.85. The molecule has 0 spiro atoms. The highest BCUT2D eigenvalue weighted by molar-refractivity contribution is 8.00. The zero-order valence-corrected chi connectivity index (χ0v) is 12.4. The Balaban J connectivity index is 2.06. The molecule has 2 amide bonds. The van der Waals surface area contributed by atoms with Gasteiger partial charge in [-0.05, 0) is 31.6 Å². The maximum atomic E-state index is 12.4. The molecule has 1 aliphatic carbocycles. The van der Waals surface area contributed by atoms with Gasteiger partial charge in [-0.2, -0.15) is 0 Å². The number of carboxylic acid groups (broad SMARTS) is 1. The molecule has 0 bridgehead atoms. The fourth-order valence-electron chi connectivity index (χ4n) is 2.47. The van der Waals surface area contributed by atoms with Crippen LogP contribution in [0, 0.1) is 11.8 Å². The number of hydrogen-bond acceptors (Lipinski definition) is 3. The Morgan fingerprint density at radius 1 is 1.32 bits per heavy atom. The van der Waals surface area contributed by atoms with Crippen molar-refractivity contribution in [2.75, 3.05) is 5.75 Å². The average Bonchev–Trinajstić information content (AvgIpc) is 3.06. The summed E-state index contributed by atoms with van der Waals surface area (Å²) in [6.07, 6.45) is 2.32. The third kappa shape index (κ3) is 3.16. The second-order valence-corrected chi connectivity index (χ2v) is 6.95. The van der Waals surface area contributed by atoms with Crippen molar-refractivity contribution in [2.45, 2.75) is 51.1 Å². The molecule has 5 nitrogen and oxygen atoms in total. The van der Waals surface area contributed by atoms with Crippen molar-refractivity contribution in [2.24, 2.45) is 11.8 Å². The van der Waals surface area contributed by atoms with Crippen LogP contribution in [0.2, 0.25) is 0 Å². The normalized spacial score (nSPS) is 28.5. The van der Waals surface area contributed by atoms with Crippen molar-refractivity contribution < 1.29 is 14.7 Å². The van der Waals surface area contributed by atoms with Gasteiger partial charge in [-0.3, -0.25) is 4.90 Å². The number of rotatable bonds is 4. The minimum absolute atomic E-state index is 0.0486. The Hall–Kier alpha value is -0.910. The Morgan fingerprint density at radius 3 is 2.42 bits per heavy atom. The molecular formula is C13H22N2O3S. The molecule has 0 aromatic carbocycles. The minimum atomic E-state index is -0.912. The van der Waals surface area contributed by atoms with Crippen molar-refractivity contribution in [3.63, 3.8) is 0 Å². The van der Waals surface area contributed by atoms with Crippen molar-refractivity contribution in [3.05, 3.63) is 0 Å². The number of carbonyl (C=O) groups is 2. The molecule has 19 heavy (non-hydrogen) atoms. The summed E-state index contributed by atoms with van der Waals surface area (Å²) in [4.78, 5) is 25.2. The van der Waals surface area contributed by atoms with Crippen LogP contribution in [0.15, 0.2) is 0 Å². The summed E-state index contributed by atoms with van der Waals surface area (Å²) >= 11 is 1.56. The lowest BCUT2D eigenvalue weighted by Crippen LogP contribution is -2.53. The highest BCUT2D eigenvalue weighted by atomic mass is 32.2. The number of carboxylic acids is 1. The molecule has 1 saturated heterocycles. The number of urea groups is 1. The van der Waals surface area contributed by atoms with Gasteiger partial charge in [0.15, 0.2) is 0 Å². The van der Waals surface area contributed by atoms with Crippen LogP contribution in [-0.4, -0.2) is 45.2 Å². The van der Waals surface area contributed by atoms with Gasteiger partial charge in [-0.25, -0.2) is 9.59 Å². The number of carbonyl (C=O) groups excluding carboxylic acids is 1. The average molecular weight is 286 g/mol. The molecule has 6 heteroatoms. The van der Waals surface area contributed by atoms with Crippen molar-refractivity contribution >= 4 is 23.8 Å². The topological polar surface area (TPSA) is 69.6 Å².